The summed E-state index contributed by atoms with van der Waals surface area (Å²) in [6, 6.07) is 4.83. The van der Waals surface area contributed by atoms with Gasteiger partial charge >= 0.3 is 0 Å². The highest BCUT2D eigenvalue weighted by Gasteiger charge is 2.13. The minimum absolute atomic E-state index is 0.449. The fourth-order valence-electron chi connectivity index (χ4n) is 1.55. The van der Waals surface area contributed by atoms with E-state index in [-0.39, 0.29) is 0 Å². The molecule has 2 aromatic rings. The van der Waals surface area contributed by atoms with E-state index in [2.05, 4.69) is 0 Å². The van der Waals surface area contributed by atoms with Gasteiger partial charge in [-0.25, -0.2) is 0 Å². The number of nitrogens with zero attached hydrogens (tertiary/aromatic N) is 1. The van der Waals surface area contributed by atoms with Gasteiger partial charge in [-0.05, 0) is 6.07 Å². The van der Waals surface area contributed by atoms with Crippen LogP contribution < -0.4 is 14.2 Å². The van der Waals surface area contributed by atoms with Crippen LogP contribution in [0.2, 0.25) is 5.02 Å². The first-order valence-electron chi connectivity index (χ1n) is 4.60. The molecule has 0 radical (unpaired) electrons. The summed E-state index contributed by atoms with van der Waals surface area (Å²) in [6.45, 7) is 0. The van der Waals surface area contributed by atoms with Crippen molar-refractivity contribution in [2.24, 2.45) is 0 Å². The van der Waals surface area contributed by atoms with Crippen LogP contribution in [0, 0.1) is 5.21 Å². The number of fused-ring (bicyclic) bond motifs is 1. The van der Waals surface area contributed by atoms with Crippen LogP contribution in [0.15, 0.2) is 24.4 Å². The van der Waals surface area contributed by atoms with Gasteiger partial charge in [0, 0.05) is 6.07 Å². The first kappa shape index (κ1) is 10.8. The normalized spacial score (nSPS) is 10.4. The van der Waals surface area contributed by atoms with Gasteiger partial charge < -0.3 is 14.7 Å². The Morgan fingerprint density at radius 3 is 2.44 bits per heavy atom. The average molecular weight is 240 g/mol. The summed E-state index contributed by atoms with van der Waals surface area (Å²) in [5, 5.41) is 12.7. The zero-order chi connectivity index (χ0) is 11.7. The lowest BCUT2D eigenvalue weighted by Gasteiger charge is -2.09. The predicted octanol–water partition coefficient (Wildman–Crippen LogP) is 2.14. The fraction of sp³-hybridized carbons (Fsp3) is 0.182. The average Bonchev–Trinajstić information content (AvgIpc) is 2.32. The SMILES string of the molecule is COc1cc2c(Cl)cc[n+]([O-])c2cc1OC. The van der Waals surface area contributed by atoms with Gasteiger partial charge in [0.25, 0.3) is 0 Å². The third-order valence-corrected chi connectivity index (χ3v) is 2.68. The van der Waals surface area contributed by atoms with Crippen LogP contribution >= 0.6 is 11.6 Å². The molecule has 5 heteroatoms. The van der Waals surface area contributed by atoms with Crippen molar-refractivity contribution < 1.29 is 14.2 Å². The van der Waals surface area contributed by atoms with Crippen molar-refractivity contribution in [1.29, 1.82) is 0 Å². The number of halogens is 1. The van der Waals surface area contributed by atoms with E-state index in [9.17, 15) is 5.21 Å². The lowest BCUT2D eigenvalue weighted by atomic mass is 10.2. The number of aromatic nitrogens is 1. The number of hydrogen-bond donors (Lipinski definition) is 0. The molecular weight excluding hydrogens is 230 g/mol. The second-order valence-corrected chi connectivity index (χ2v) is 3.62. The van der Waals surface area contributed by atoms with E-state index in [1.165, 1.54) is 20.4 Å². The van der Waals surface area contributed by atoms with Gasteiger partial charge in [0.05, 0.1) is 30.7 Å². The first-order valence-corrected chi connectivity index (χ1v) is 4.98. The monoisotopic (exact) mass is 239 g/mol. The van der Waals surface area contributed by atoms with Crippen LogP contribution in [0.3, 0.4) is 0 Å². The Bertz CT molecular complexity index is 494. The lowest BCUT2D eigenvalue weighted by molar-refractivity contribution is -0.577. The van der Waals surface area contributed by atoms with Crippen molar-refractivity contribution in [3.8, 4) is 11.5 Å². The molecular formula is C11H10ClNO3. The molecule has 0 aliphatic rings. The molecule has 0 aliphatic carbocycles. The van der Waals surface area contributed by atoms with Crippen molar-refractivity contribution >= 4 is 22.5 Å². The molecule has 4 nitrogen and oxygen atoms in total. The molecule has 0 spiro atoms. The van der Waals surface area contributed by atoms with Crippen molar-refractivity contribution in [2.45, 2.75) is 0 Å². The highest BCUT2D eigenvalue weighted by atomic mass is 35.5. The number of rotatable bonds is 2. The molecule has 1 heterocycles. The molecule has 0 fully saturated rings. The topological polar surface area (TPSA) is 45.4 Å². The molecule has 2 rings (SSSR count). The maximum absolute atomic E-state index is 11.6. The van der Waals surface area contributed by atoms with Crippen molar-refractivity contribution in [3.63, 3.8) is 0 Å². The highest BCUT2D eigenvalue weighted by Crippen LogP contribution is 2.33. The molecule has 0 aliphatic heterocycles. The van der Waals surface area contributed by atoms with E-state index >= 15 is 0 Å². The number of methoxy groups -OCH3 is 2. The molecule has 0 bridgehead atoms. The molecule has 84 valence electrons. The van der Waals surface area contributed by atoms with Crippen LogP contribution in [0.25, 0.3) is 10.9 Å². The standard InChI is InChI=1S/C11H10ClNO3/c1-15-10-5-7-8(12)3-4-13(14)9(7)6-11(10)16-2/h3-6H,1-2H3. The van der Waals surface area contributed by atoms with E-state index in [0.717, 1.165) is 4.73 Å². The van der Waals surface area contributed by atoms with Gasteiger partial charge in [0.2, 0.25) is 5.52 Å². The maximum atomic E-state index is 11.6. The zero-order valence-corrected chi connectivity index (χ0v) is 9.62. The van der Waals surface area contributed by atoms with Gasteiger partial charge in [-0.15, -0.1) is 0 Å². The molecule has 0 saturated heterocycles. The summed E-state index contributed by atoms with van der Waals surface area (Å²) in [5.74, 6) is 1.05. The van der Waals surface area contributed by atoms with Crippen LogP contribution in [0.1, 0.15) is 0 Å². The van der Waals surface area contributed by atoms with Crippen molar-refractivity contribution in [1.82, 2.24) is 0 Å². The summed E-state index contributed by atoms with van der Waals surface area (Å²) in [4.78, 5) is 0. The van der Waals surface area contributed by atoms with Gasteiger partial charge in [-0.3, -0.25) is 0 Å². The van der Waals surface area contributed by atoms with E-state index < -0.39 is 0 Å². The number of hydrogen-bond acceptors (Lipinski definition) is 3. The van der Waals surface area contributed by atoms with Crippen molar-refractivity contribution in [3.05, 3.63) is 34.6 Å². The molecule has 0 amide bonds. The Balaban J connectivity index is 2.82. The second kappa shape index (κ2) is 4.06. The zero-order valence-electron chi connectivity index (χ0n) is 8.86. The quantitative estimate of drug-likeness (QED) is 0.596. The molecule has 1 aromatic carbocycles. The van der Waals surface area contributed by atoms with Gasteiger partial charge in [0.1, 0.15) is 0 Å². The molecule has 0 unspecified atom stereocenters. The molecule has 16 heavy (non-hydrogen) atoms. The minimum Gasteiger partial charge on any atom is -0.618 e. The van der Waals surface area contributed by atoms with E-state index in [4.69, 9.17) is 21.1 Å². The van der Waals surface area contributed by atoms with Crippen LogP contribution in [0.5, 0.6) is 11.5 Å². The predicted molar refractivity (Wildman–Crippen MR) is 61.0 cm³/mol. The van der Waals surface area contributed by atoms with Gasteiger partial charge in [0.15, 0.2) is 17.7 Å². The van der Waals surface area contributed by atoms with E-state index in [0.29, 0.717) is 27.4 Å². The Labute approximate surface area is 97.6 Å². The Kier molecular flexibility index (Phi) is 2.75. The Hall–Kier alpha value is -1.68. The van der Waals surface area contributed by atoms with Gasteiger partial charge in [-0.1, -0.05) is 11.6 Å². The minimum atomic E-state index is 0.449. The second-order valence-electron chi connectivity index (χ2n) is 3.21. The van der Waals surface area contributed by atoms with E-state index in [1.54, 1.807) is 18.2 Å². The summed E-state index contributed by atoms with van der Waals surface area (Å²) < 4.78 is 11.0. The molecule has 1 aromatic heterocycles. The van der Waals surface area contributed by atoms with Gasteiger partial charge in [-0.2, -0.15) is 4.73 Å². The first-order chi connectivity index (χ1) is 7.67. The van der Waals surface area contributed by atoms with Crippen LogP contribution in [-0.4, -0.2) is 14.2 Å². The third-order valence-electron chi connectivity index (χ3n) is 2.35. The lowest BCUT2D eigenvalue weighted by Crippen LogP contribution is -2.25. The highest BCUT2D eigenvalue weighted by molar-refractivity contribution is 6.35. The third kappa shape index (κ3) is 1.61. The summed E-state index contributed by atoms with van der Waals surface area (Å²) in [7, 11) is 3.05. The maximum Gasteiger partial charge on any atom is 0.229 e. The fourth-order valence-corrected chi connectivity index (χ4v) is 1.75. The summed E-state index contributed by atoms with van der Waals surface area (Å²) in [5.41, 5.74) is 0.449. The Morgan fingerprint density at radius 2 is 1.81 bits per heavy atom. The summed E-state index contributed by atoms with van der Waals surface area (Å²) >= 11 is 6.00. The van der Waals surface area contributed by atoms with Crippen LogP contribution in [-0.2, 0) is 0 Å². The number of benzene rings is 1. The van der Waals surface area contributed by atoms with E-state index in [1.807, 2.05) is 0 Å². The Morgan fingerprint density at radius 1 is 1.19 bits per heavy atom. The molecule has 0 atom stereocenters. The van der Waals surface area contributed by atoms with Crippen LogP contribution in [0.4, 0.5) is 0 Å². The molecule has 0 N–H and O–H groups in total. The summed E-state index contributed by atoms with van der Waals surface area (Å²) in [6.07, 6.45) is 1.36. The smallest absolute Gasteiger partial charge is 0.229 e. The number of pyridine rings is 1. The largest absolute Gasteiger partial charge is 0.618 e. The van der Waals surface area contributed by atoms with Crippen molar-refractivity contribution in [2.75, 3.05) is 14.2 Å². The molecule has 0 saturated carbocycles. The number of ether oxygens (including phenoxy) is 2.